The maximum atomic E-state index is 12.0. The second-order valence-corrected chi connectivity index (χ2v) is 7.90. The molecule has 4 rings (SSSR count). The molecule has 0 spiro atoms. The number of nitrogens with two attached hydrogens (primary N) is 1. The summed E-state index contributed by atoms with van der Waals surface area (Å²) < 4.78 is 7.37. The molecule has 0 radical (unpaired) electrons. The lowest BCUT2D eigenvalue weighted by atomic mass is 10.1. The molecule has 0 saturated carbocycles. The summed E-state index contributed by atoms with van der Waals surface area (Å²) in [5.41, 5.74) is 11.1. The predicted molar refractivity (Wildman–Crippen MR) is 121 cm³/mol. The minimum Gasteiger partial charge on any atom is -0.497 e. The van der Waals surface area contributed by atoms with E-state index in [0.717, 1.165) is 46.4 Å². The van der Waals surface area contributed by atoms with Crippen LogP contribution in [-0.2, 0) is 13.0 Å². The van der Waals surface area contributed by atoms with Gasteiger partial charge >= 0.3 is 0 Å². The van der Waals surface area contributed by atoms with E-state index in [1.54, 1.807) is 18.4 Å². The van der Waals surface area contributed by atoms with Crippen LogP contribution in [0, 0.1) is 6.92 Å². The van der Waals surface area contributed by atoms with Gasteiger partial charge in [-0.25, -0.2) is 4.98 Å². The van der Waals surface area contributed by atoms with Gasteiger partial charge in [0.15, 0.2) is 0 Å². The van der Waals surface area contributed by atoms with Gasteiger partial charge in [-0.05, 0) is 37.1 Å². The smallest absolute Gasteiger partial charge is 0.250 e. The van der Waals surface area contributed by atoms with Gasteiger partial charge in [-0.1, -0.05) is 42.5 Å². The van der Waals surface area contributed by atoms with Gasteiger partial charge in [0.25, 0.3) is 5.91 Å². The summed E-state index contributed by atoms with van der Waals surface area (Å²) in [4.78, 5) is 16.8. The third-order valence-corrected chi connectivity index (χ3v) is 6.09. The molecule has 2 aromatic heterocycles. The third-order valence-electron chi connectivity index (χ3n) is 5.20. The van der Waals surface area contributed by atoms with Crippen molar-refractivity contribution in [3.8, 4) is 27.7 Å². The minimum atomic E-state index is -0.421. The van der Waals surface area contributed by atoms with Gasteiger partial charge in [0, 0.05) is 23.2 Å². The molecule has 0 fully saturated rings. The molecule has 2 N–H and O–H groups in total. The fourth-order valence-corrected chi connectivity index (χ4v) is 4.35. The van der Waals surface area contributed by atoms with E-state index in [1.807, 2.05) is 60.8 Å². The molecule has 2 aromatic carbocycles. The van der Waals surface area contributed by atoms with Gasteiger partial charge in [-0.3, -0.25) is 4.79 Å². The standard InChI is InChI=1S/C24H23N3O2S/c1-16-20(23(25)28)14-22(21-15-30-24(26-21)18-6-4-3-5-7-18)27(16)13-12-17-8-10-19(29-2)11-9-17/h3-11,14-15H,12-13H2,1-2H3,(H2,25,28). The lowest BCUT2D eigenvalue weighted by Gasteiger charge is -2.11. The van der Waals surface area contributed by atoms with Crippen molar-refractivity contribution < 1.29 is 9.53 Å². The van der Waals surface area contributed by atoms with E-state index in [4.69, 9.17) is 15.5 Å². The van der Waals surface area contributed by atoms with Crippen molar-refractivity contribution in [3.63, 3.8) is 0 Å². The Bertz CT molecular complexity index is 1160. The first-order valence-corrected chi connectivity index (χ1v) is 10.6. The number of primary amides is 1. The van der Waals surface area contributed by atoms with E-state index in [0.29, 0.717) is 5.56 Å². The van der Waals surface area contributed by atoms with Gasteiger partial charge in [0.1, 0.15) is 10.8 Å². The minimum absolute atomic E-state index is 0.421. The van der Waals surface area contributed by atoms with Crippen molar-refractivity contribution in [1.82, 2.24) is 9.55 Å². The number of hydrogen-bond acceptors (Lipinski definition) is 4. The molecule has 0 aliphatic rings. The Labute approximate surface area is 179 Å². The van der Waals surface area contributed by atoms with E-state index in [2.05, 4.69) is 16.7 Å². The van der Waals surface area contributed by atoms with Crippen LogP contribution in [0.5, 0.6) is 5.75 Å². The molecule has 30 heavy (non-hydrogen) atoms. The molecule has 0 bridgehead atoms. The Hall–Kier alpha value is -3.38. The van der Waals surface area contributed by atoms with Crippen LogP contribution in [0.15, 0.2) is 66.0 Å². The van der Waals surface area contributed by atoms with Crippen molar-refractivity contribution in [2.75, 3.05) is 7.11 Å². The number of aromatic nitrogens is 2. The maximum absolute atomic E-state index is 12.0. The molecular formula is C24H23N3O2S. The lowest BCUT2D eigenvalue weighted by Crippen LogP contribution is -2.13. The van der Waals surface area contributed by atoms with Gasteiger partial charge in [0.2, 0.25) is 0 Å². The summed E-state index contributed by atoms with van der Waals surface area (Å²) in [5.74, 6) is 0.416. The highest BCUT2D eigenvalue weighted by Crippen LogP contribution is 2.31. The summed E-state index contributed by atoms with van der Waals surface area (Å²) in [6, 6.07) is 20.0. The predicted octanol–water partition coefficient (Wildman–Crippen LogP) is 4.94. The zero-order valence-electron chi connectivity index (χ0n) is 17.0. The quantitative estimate of drug-likeness (QED) is 0.463. The number of carbonyl (C=O) groups excluding carboxylic acids is 1. The molecule has 5 nitrogen and oxygen atoms in total. The van der Waals surface area contributed by atoms with Crippen LogP contribution in [0.1, 0.15) is 21.6 Å². The Morgan fingerprint density at radius 1 is 1.13 bits per heavy atom. The topological polar surface area (TPSA) is 70.1 Å². The summed E-state index contributed by atoms with van der Waals surface area (Å²) in [6.45, 7) is 2.65. The third kappa shape index (κ3) is 4.00. The zero-order chi connectivity index (χ0) is 21.1. The SMILES string of the molecule is COc1ccc(CCn2c(-c3csc(-c4ccccc4)n3)cc(C(N)=O)c2C)cc1. The molecule has 2 heterocycles. The molecular weight excluding hydrogens is 394 g/mol. The average molecular weight is 418 g/mol. The largest absolute Gasteiger partial charge is 0.497 e. The number of rotatable bonds is 7. The molecule has 0 saturated heterocycles. The van der Waals surface area contributed by atoms with Crippen molar-refractivity contribution in [2.45, 2.75) is 19.9 Å². The summed E-state index contributed by atoms with van der Waals surface area (Å²) >= 11 is 1.59. The van der Waals surface area contributed by atoms with Crippen LogP contribution < -0.4 is 10.5 Å². The summed E-state index contributed by atoms with van der Waals surface area (Å²) in [7, 11) is 1.66. The van der Waals surface area contributed by atoms with Crippen LogP contribution in [-0.4, -0.2) is 22.6 Å². The van der Waals surface area contributed by atoms with E-state index in [-0.39, 0.29) is 0 Å². The number of aryl methyl sites for hydroxylation is 1. The molecule has 0 aliphatic carbocycles. The molecule has 4 aromatic rings. The Balaban J connectivity index is 1.66. The van der Waals surface area contributed by atoms with E-state index in [1.165, 1.54) is 5.56 Å². The molecule has 152 valence electrons. The number of methoxy groups -OCH3 is 1. The fraction of sp³-hybridized carbons (Fsp3) is 0.167. The Kier molecular flexibility index (Phi) is 5.68. The van der Waals surface area contributed by atoms with Crippen molar-refractivity contribution in [3.05, 3.63) is 82.9 Å². The fourth-order valence-electron chi connectivity index (χ4n) is 3.53. The van der Waals surface area contributed by atoms with E-state index >= 15 is 0 Å². The Morgan fingerprint density at radius 2 is 1.87 bits per heavy atom. The van der Waals surface area contributed by atoms with Gasteiger partial charge < -0.3 is 15.0 Å². The first kappa shape index (κ1) is 19.9. The van der Waals surface area contributed by atoms with Crippen LogP contribution >= 0.6 is 11.3 Å². The molecule has 1 amide bonds. The number of carbonyl (C=O) groups is 1. The molecule has 6 heteroatoms. The maximum Gasteiger partial charge on any atom is 0.250 e. The normalized spacial score (nSPS) is 10.9. The Morgan fingerprint density at radius 3 is 2.53 bits per heavy atom. The van der Waals surface area contributed by atoms with E-state index in [9.17, 15) is 4.79 Å². The van der Waals surface area contributed by atoms with Crippen molar-refractivity contribution >= 4 is 17.2 Å². The highest BCUT2D eigenvalue weighted by atomic mass is 32.1. The molecule has 0 atom stereocenters. The van der Waals surface area contributed by atoms with Crippen LogP contribution in [0.2, 0.25) is 0 Å². The second kappa shape index (κ2) is 8.55. The van der Waals surface area contributed by atoms with Gasteiger partial charge in [-0.15, -0.1) is 11.3 Å². The van der Waals surface area contributed by atoms with Crippen LogP contribution in [0.3, 0.4) is 0 Å². The number of thiazole rings is 1. The number of nitrogens with zero attached hydrogens (tertiary/aromatic N) is 2. The lowest BCUT2D eigenvalue weighted by molar-refractivity contribution is 0.0999. The first-order valence-electron chi connectivity index (χ1n) is 9.71. The average Bonchev–Trinajstić information content (AvgIpc) is 3.38. The first-order chi connectivity index (χ1) is 14.6. The number of amides is 1. The molecule has 0 aliphatic heterocycles. The monoisotopic (exact) mass is 417 g/mol. The van der Waals surface area contributed by atoms with Crippen molar-refractivity contribution in [1.29, 1.82) is 0 Å². The summed E-state index contributed by atoms with van der Waals surface area (Å²) in [5, 5.41) is 2.98. The van der Waals surface area contributed by atoms with Gasteiger partial charge in [0.05, 0.1) is 24.1 Å². The number of benzene rings is 2. The van der Waals surface area contributed by atoms with Crippen LogP contribution in [0.25, 0.3) is 22.0 Å². The van der Waals surface area contributed by atoms with Crippen LogP contribution in [0.4, 0.5) is 0 Å². The highest BCUT2D eigenvalue weighted by Gasteiger charge is 2.19. The number of hydrogen-bond donors (Lipinski definition) is 1. The van der Waals surface area contributed by atoms with Gasteiger partial charge in [-0.2, -0.15) is 0 Å². The highest BCUT2D eigenvalue weighted by molar-refractivity contribution is 7.13. The number of ether oxygens (including phenoxy) is 1. The van der Waals surface area contributed by atoms with Crippen molar-refractivity contribution in [2.24, 2.45) is 5.73 Å². The molecule has 0 unspecified atom stereocenters. The summed E-state index contributed by atoms with van der Waals surface area (Å²) in [6.07, 6.45) is 0.820. The zero-order valence-corrected chi connectivity index (χ0v) is 17.8. The second-order valence-electron chi connectivity index (χ2n) is 7.05. The van der Waals surface area contributed by atoms with E-state index < -0.39 is 5.91 Å².